The van der Waals surface area contributed by atoms with Gasteiger partial charge in [-0.1, -0.05) is 46.0 Å². The van der Waals surface area contributed by atoms with Gasteiger partial charge in [0.1, 0.15) is 0 Å². The molecule has 1 saturated heterocycles. The van der Waals surface area contributed by atoms with Crippen molar-refractivity contribution in [3.63, 3.8) is 0 Å². The third-order valence-corrected chi connectivity index (χ3v) is 7.16. The molecule has 0 amide bonds. The van der Waals surface area contributed by atoms with Crippen molar-refractivity contribution < 1.29 is 19.4 Å². The van der Waals surface area contributed by atoms with Gasteiger partial charge < -0.3 is 14.2 Å². The van der Waals surface area contributed by atoms with Crippen molar-refractivity contribution in [3.8, 4) is 0 Å². The second-order valence-corrected chi connectivity index (χ2v) is 11.6. The second kappa shape index (κ2) is 15.7. The fourth-order valence-corrected chi connectivity index (χ4v) is 5.07. The number of ether oxygens (including phenoxy) is 3. The van der Waals surface area contributed by atoms with E-state index in [0.29, 0.717) is 6.10 Å². The highest BCUT2D eigenvalue weighted by atomic mass is 16.5. The first-order chi connectivity index (χ1) is 15.5. The number of nitrogens with zero attached hydrogens (tertiary/aromatic N) is 1. The molecule has 1 radical (unpaired) electrons. The van der Waals surface area contributed by atoms with Crippen molar-refractivity contribution in [2.24, 2.45) is 0 Å². The predicted octanol–water partition coefficient (Wildman–Crippen LogP) is 7.49. The Hall–Kier alpha value is -0.200. The number of hydrogen-bond acceptors (Lipinski definition) is 4. The number of rotatable bonds is 18. The lowest BCUT2D eigenvalue weighted by molar-refractivity contribution is -0.303. The minimum absolute atomic E-state index is 0.138. The van der Waals surface area contributed by atoms with E-state index in [0.717, 1.165) is 51.7 Å². The first-order valence-corrected chi connectivity index (χ1v) is 13.9. The highest BCUT2D eigenvalue weighted by Crippen LogP contribution is 2.39. The van der Waals surface area contributed by atoms with E-state index in [1.54, 1.807) is 0 Å². The maximum absolute atomic E-state index is 12.6. The van der Waals surface area contributed by atoms with Gasteiger partial charge in [-0.15, -0.1) is 10.3 Å². The van der Waals surface area contributed by atoms with Gasteiger partial charge in [-0.05, 0) is 86.5 Å². The summed E-state index contributed by atoms with van der Waals surface area (Å²) in [5, 5.41) is 13.9. The lowest BCUT2D eigenvalue weighted by Crippen LogP contribution is -2.60. The summed E-state index contributed by atoms with van der Waals surface area (Å²) in [6.45, 7) is 18.6. The minimum atomic E-state index is -0.381. The normalized spacial score (nSPS) is 21.7. The lowest BCUT2D eigenvalue weighted by atomic mass is 9.80. The first-order valence-electron chi connectivity index (χ1n) is 13.9. The molecule has 0 saturated carbocycles. The molecule has 3 unspecified atom stereocenters. The largest absolute Gasteiger partial charge is 0.379 e. The zero-order valence-electron chi connectivity index (χ0n) is 23.3. The predicted molar refractivity (Wildman–Crippen MR) is 137 cm³/mol. The number of unbranched alkanes of at least 4 members (excludes halogenated alkanes) is 6. The Balaban J connectivity index is 2.13. The summed E-state index contributed by atoms with van der Waals surface area (Å²) in [5.41, 5.74) is -0.761. The molecule has 0 aromatic rings. The van der Waals surface area contributed by atoms with Gasteiger partial charge in [0, 0.05) is 24.3 Å². The zero-order valence-corrected chi connectivity index (χ0v) is 23.3. The Bertz CT molecular complexity index is 478. The van der Waals surface area contributed by atoms with Crippen LogP contribution in [0.2, 0.25) is 0 Å². The number of hydroxylamine groups is 2. The van der Waals surface area contributed by atoms with Crippen molar-refractivity contribution in [3.05, 3.63) is 0 Å². The Labute approximate surface area is 205 Å². The van der Waals surface area contributed by atoms with E-state index in [4.69, 9.17) is 14.2 Å². The third kappa shape index (κ3) is 12.4. The monoisotopic (exact) mass is 470 g/mol. The van der Waals surface area contributed by atoms with E-state index >= 15 is 0 Å². The topological polar surface area (TPSA) is 50.8 Å². The van der Waals surface area contributed by atoms with Crippen LogP contribution in [-0.2, 0) is 19.4 Å². The van der Waals surface area contributed by atoms with Crippen molar-refractivity contribution in [1.82, 2.24) is 5.06 Å². The molecule has 3 atom stereocenters. The average molecular weight is 471 g/mol. The molecule has 0 bridgehead atoms. The minimum Gasteiger partial charge on any atom is -0.379 e. The van der Waals surface area contributed by atoms with Crippen LogP contribution in [0.1, 0.15) is 132 Å². The van der Waals surface area contributed by atoms with Crippen LogP contribution in [0, 0.1) is 0 Å². The summed E-state index contributed by atoms with van der Waals surface area (Å²) >= 11 is 0. The van der Waals surface area contributed by atoms with Gasteiger partial charge in [-0.25, -0.2) is 0 Å². The maximum atomic E-state index is 12.6. The molecule has 1 heterocycles. The van der Waals surface area contributed by atoms with Crippen molar-refractivity contribution in [2.75, 3.05) is 13.2 Å². The van der Waals surface area contributed by atoms with Crippen LogP contribution in [0.25, 0.3) is 0 Å². The molecule has 1 rings (SSSR count). The van der Waals surface area contributed by atoms with E-state index in [1.165, 1.54) is 43.6 Å². The molecule has 5 heteroatoms. The molecule has 0 aliphatic carbocycles. The van der Waals surface area contributed by atoms with Crippen LogP contribution in [0.5, 0.6) is 0 Å². The van der Waals surface area contributed by atoms with Gasteiger partial charge in [0.15, 0.2) is 0 Å². The van der Waals surface area contributed by atoms with E-state index in [9.17, 15) is 5.21 Å². The number of hydrogen-bond donors (Lipinski definition) is 0. The Morgan fingerprint density at radius 1 is 0.758 bits per heavy atom. The van der Waals surface area contributed by atoms with Crippen LogP contribution < -0.4 is 0 Å². The van der Waals surface area contributed by atoms with Gasteiger partial charge >= 0.3 is 0 Å². The SMILES string of the molecule is CCC(C)OCCCCCCCCCOC(C)CC(CC)OC1CC(C)(C)N([O])C(C)(C)C1. The molecule has 0 spiro atoms. The van der Waals surface area contributed by atoms with Crippen LogP contribution >= 0.6 is 0 Å². The van der Waals surface area contributed by atoms with Crippen LogP contribution in [0.4, 0.5) is 0 Å². The van der Waals surface area contributed by atoms with Crippen LogP contribution in [0.15, 0.2) is 0 Å². The smallest absolute Gasteiger partial charge is 0.0615 e. The summed E-state index contributed by atoms with van der Waals surface area (Å²) in [7, 11) is 0. The van der Waals surface area contributed by atoms with Crippen molar-refractivity contribution >= 4 is 0 Å². The summed E-state index contributed by atoms with van der Waals surface area (Å²) < 4.78 is 18.3. The molecule has 33 heavy (non-hydrogen) atoms. The molecule has 1 fully saturated rings. The van der Waals surface area contributed by atoms with Gasteiger partial charge in [-0.2, -0.15) is 0 Å². The molecule has 5 nitrogen and oxygen atoms in total. The fourth-order valence-electron chi connectivity index (χ4n) is 5.07. The standard InChI is InChI=1S/C28H56NO4/c1-9-23(3)31-18-16-14-12-11-13-15-17-19-32-24(4)20-25(10-2)33-26-21-27(5,6)29(30)28(7,8)22-26/h23-26H,9-22H2,1-8H3. The van der Waals surface area contributed by atoms with Gasteiger partial charge in [0.2, 0.25) is 0 Å². The van der Waals surface area contributed by atoms with Gasteiger partial charge in [0.25, 0.3) is 0 Å². The van der Waals surface area contributed by atoms with E-state index in [-0.39, 0.29) is 29.4 Å². The molecule has 1 aliphatic rings. The van der Waals surface area contributed by atoms with E-state index < -0.39 is 0 Å². The molecule has 0 aromatic heterocycles. The Morgan fingerprint density at radius 2 is 1.21 bits per heavy atom. The number of piperidine rings is 1. The highest BCUT2D eigenvalue weighted by molar-refractivity contribution is 4.96. The van der Waals surface area contributed by atoms with Gasteiger partial charge in [0.05, 0.1) is 24.4 Å². The van der Waals surface area contributed by atoms with Crippen molar-refractivity contribution in [2.45, 2.75) is 168 Å². The Kier molecular flexibility index (Phi) is 14.7. The fraction of sp³-hybridized carbons (Fsp3) is 1.00. The molecular formula is C28H56NO4. The van der Waals surface area contributed by atoms with Crippen LogP contribution in [-0.4, -0.2) is 53.8 Å². The molecule has 0 aromatic carbocycles. The molecule has 197 valence electrons. The summed E-state index contributed by atoms with van der Waals surface area (Å²) in [4.78, 5) is 0. The average Bonchev–Trinajstić information content (AvgIpc) is 2.74. The molecular weight excluding hydrogens is 414 g/mol. The summed E-state index contributed by atoms with van der Waals surface area (Å²) in [6, 6.07) is 0. The van der Waals surface area contributed by atoms with Crippen molar-refractivity contribution in [1.29, 1.82) is 0 Å². The van der Waals surface area contributed by atoms with E-state index in [1.807, 2.05) is 27.7 Å². The maximum Gasteiger partial charge on any atom is 0.0615 e. The first kappa shape index (κ1) is 30.8. The quantitative estimate of drug-likeness (QED) is 0.195. The highest BCUT2D eigenvalue weighted by Gasteiger charge is 2.47. The second-order valence-electron chi connectivity index (χ2n) is 11.6. The van der Waals surface area contributed by atoms with Crippen LogP contribution in [0.3, 0.4) is 0 Å². The Morgan fingerprint density at radius 3 is 1.67 bits per heavy atom. The van der Waals surface area contributed by atoms with Gasteiger partial charge in [-0.3, -0.25) is 0 Å². The zero-order chi connectivity index (χ0) is 24.9. The molecule has 0 N–H and O–H groups in total. The summed E-state index contributed by atoms with van der Waals surface area (Å²) in [5.74, 6) is 0. The molecule has 1 aliphatic heterocycles. The summed E-state index contributed by atoms with van der Waals surface area (Å²) in [6.07, 6.45) is 14.3. The lowest BCUT2D eigenvalue weighted by Gasteiger charge is -2.50. The van der Waals surface area contributed by atoms with E-state index in [2.05, 4.69) is 27.7 Å². The third-order valence-electron chi connectivity index (χ3n) is 7.16.